The number of carbonyl (C=O) groups is 2. The summed E-state index contributed by atoms with van der Waals surface area (Å²) >= 11 is 0. The van der Waals surface area contributed by atoms with Crippen LogP contribution in [0.4, 0.5) is 0 Å². The summed E-state index contributed by atoms with van der Waals surface area (Å²) < 4.78 is 17.4. The molecule has 0 aliphatic rings. The molecular weight excluding hydrogens is 765 g/mol. The molecule has 0 aliphatic carbocycles. The number of rotatable bonds is 47. The molecule has 0 aliphatic heterocycles. The Morgan fingerprint density at radius 1 is 0.371 bits per heavy atom. The number of allylic oxidation sites excluding steroid dienone is 14. The van der Waals surface area contributed by atoms with Crippen LogP contribution in [0, 0.1) is 0 Å². The zero-order valence-corrected chi connectivity index (χ0v) is 40.9. The molecule has 1 atom stereocenters. The van der Waals surface area contributed by atoms with Gasteiger partial charge >= 0.3 is 11.9 Å². The molecule has 0 heterocycles. The van der Waals surface area contributed by atoms with Crippen LogP contribution < -0.4 is 0 Å². The first-order chi connectivity index (χ1) is 30.6. The van der Waals surface area contributed by atoms with Crippen LogP contribution in [0.1, 0.15) is 239 Å². The maximum absolute atomic E-state index is 12.8. The summed E-state index contributed by atoms with van der Waals surface area (Å²) in [5.41, 5.74) is 0. The van der Waals surface area contributed by atoms with Crippen molar-refractivity contribution in [2.24, 2.45) is 0 Å². The summed E-state index contributed by atoms with van der Waals surface area (Å²) in [5.74, 6) is -0.441. The SMILES string of the molecule is CC/C=C\C/C=C\C/C=C\C/C=C\CCCCCCC(=O)OCC(COCCCCCCCC/C=C\C/C=C\CCCCC)OC(=O)CCCCCCC/C=C\CCCCCC. The molecule has 356 valence electrons. The molecular formula is C57H98O5. The van der Waals surface area contributed by atoms with Crippen molar-refractivity contribution >= 4 is 11.9 Å². The second-order valence-electron chi connectivity index (χ2n) is 17.0. The van der Waals surface area contributed by atoms with Crippen LogP contribution in [0.5, 0.6) is 0 Å². The summed E-state index contributed by atoms with van der Waals surface area (Å²) in [6.07, 6.45) is 68.7. The molecule has 0 radical (unpaired) electrons. The molecule has 0 rings (SSSR count). The number of ether oxygens (including phenoxy) is 3. The molecule has 0 aromatic heterocycles. The lowest BCUT2D eigenvalue weighted by molar-refractivity contribution is -0.163. The van der Waals surface area contributed by atoms with Gasteiger partial charge in [-0.25, -0.2) is 0 Å². The maximum Gasteiger partial charge on any atom is 0.306 e. The van der Waals surface area contributed by atoms with Gasteiger partial charge in [-0.3, -0.25) is 9.59 Å². The number of unbranched alkanes of at least 4 members (excludes halogenated alkanes) is 22. The third-order valence-electron chi connectivity index (χ3n) is 10.9. The fourth-order valence-corrected chi connectivity index (χ4v) is 7.00. The van der Waals surface area contributed by atoms with Gasteiger partial charge in [-0.2, -0.15) is 0 Å². The molecule has 0 spiro atoms. The van der Waals surface area contributed by atoms with Gasteiger partial charge in [0.2, 0.25) is 0 Å². The molecule has 0 saturated heterocycles. The molecule has 5 nitrogen and oxygen atoms in total. The van der Waals surface area contributed by atoms with Crippen LogP contribution in [0.15, 0.2) is 85.1 Å². The molecule has 0 bridgehead atoms. The van der Waals surface area contributed by atoms with E-state index in [1.165, 1.54) is 103 Å². The first-order valence-electron chi connectivity index (χ1n) is 26.1. The molecule has 0 amide bonds. The van der Waals surface area contributed by atoms with Crippen LogP contribution in [0.3, 0.4) is 0 Å². The quantitative estimate of drug-likeness (QED) is 0.0346. The Balaban J connectivity index is 4.35. The molecule has 0 saturated carbocycles. The molecule has 0 N–H and O–H groups in total. The molecule has 5 heteroatoms. The Bertz CT molecular complexity index is 1160. The summed E-state index contributed by atoms with van der Waals surface area (Å²) in [4.78, 5) is 25.4. The average molecular weight is 863 g/mol. The van der Waals surface area contributed by atoms with Gasteiger partial charge in [0.05, 0.1) is 6.61 Å². The predicted octanol–water partition coefficient (Wildman–Crippen LogP) is 17.7. The van der Waals surface area contributed by atoms with Gasteiger partial charge in [0.15, 0.2) is 6.10 Å². The lowest BCUT2D eigenvalue weighted by Gasteiger charge is -2.18. The second-order valence-corrected chi connectivity index (χ2v) is 17.0. The highest BCUT2D eigenvalue weighted by Gasteiger charge is 2.17. The smallest absolute Gasteiger partial charge is 0.306 e. The highest BCUT2D eigenvalue weighted by Crippen LogP contribution is 2.13. The lowest BCUT2D eigenvalue weighted by Crippen LogP contribution is -2.30. The van der Waals surface area contributed by atoms with Gasteiger partial charge in [-0.1, -0.05) is 196 Å². The Kier molecular flexibility index (Phi) is 50.0. The van der Waals surface area contributed by atoms with Crippen molar-refractivity contribution in [3.05, 3.63) is 85.1 Å². The van der Waals surface area contributed by atoms with Crippen molar-refractivity contribution in [2.45, 2.75) is 245 Å². The Morgan fingerprint density at radius 2 is 0.726 bits per heavy atom. The molecule has 0 aromatic carbocycles. The normalized spacial score (nSPS) is 12.9. The number of hydrogen-bond donors (Lipinski definition) is 0. The van der Waals surface area contributed by atoms with Crippen LogP contribution in [-0.2, 0) is 23.8 Å². The summed E-state index contributed by atoms with van der Waals surface area (Å²) in [5, 5.41) is 0. The van der Waals surface area contributed by atoms with E-state index in [1.807, 2.05) is 0 Å². The summed E-state index contributed by atoms with van der Waals surface area (Å²) in [7, 11) is 0. The van der Waals surface area contributed by atoms with E-state index in [9.17, 15) is 9.59 Å². The van der Waals surface area contributed by atoms with Gasteiger partial charge in [-0.05, 0) is 116 Å². The van der Waals surface area contributed by atoms with Gasteiger partial charge in [0, 0.05) is 19.4 Å². The minimum atomic E-state index is -0.559. The van der Waals surface area contributed by atoms with E-state index in [0.717, 1.165) is 103 Å². The van der Waals surface area contributed by atoms with Crippen molar-refractivity contribution in [3.8, 4) is 0 Å². The topological polar surface area (TPSA) is 61.8 Å². The maximum atomic E-state index is 12.8. The minimum absolute atomic E-state index is 0.0617. The molecule has 0 fully saturated rings. The van der Waals surface area contributed by atoms with Crippen LogP contribution in [0.2, 0.25) is 0 Å². The lowest BCUT2D eigenvalue weighted by atomic mass is 10.1. The molecule has 1 unspecified atom stereocenters. The predicted molar refractivity (Wildman–Crippen MR) is 270 cm³/mol. The third-order valence-corrected chi connectivity index (χ3v) is 10.9. The van der Waals surface area contributed by atoms with Crippen molar-refractivity contribution in [1.29, 1.82) is 0 Å². The third kappa shape index (κ3) is 49.7. The minimum Gasteiger partial charge on any atom is -0.462 e. The van der Waals surface area contributed by atoms with Gasteiger partial charge < -0.3 is 14.2 Å². The second kappa shape index (κ2) is 52.4. The van der Waals surface area contributed by atoms with E-state index in [-0.39, 0.29) is 25.2 Å². The van der Waals surface area contributed by atoms with Crippen molar-refractivity contribution in [2.75, 3.05) is 19.8 Å². The number of carbonyl (C=O) groups excluding carboxylic acids is 2. The van der Waals surface area contributed by atoms with Gasteiger partial charge in [-0.15, -0.1) is 0 Å². The van der Waals surface area contributed by atoms with E-state index < -0.39 is 6.10 Å². The number of esters is 2. The molecule has 0 aromatic rings. The van der Waals surface area contributed by atoms with E-state index in [0.29, 0.717) is 19.4 Å². The van der Waals surface area contributed by atoms with Crippen LogP contribution >= 0.6 is 0 Å². The first kappa shape index (κ1) is 59.1. The van der Waals surface area contributed by atoms with Crippen molar-refractivity contribution in [3.63, 3.8) is 0 Å². The van der Waals surface area contributed by atoms with E-state index >= 15 is 0 Å². The summed E-state index contributed by atoms with van der Waals surface area (Å²) in [6, 6.07) is 0. The highest BCUT2D eigenvalue weighted by molar-refractivity contribution is 5.70. The first-order valence-corrected chi connectivity index (χ1v) is 26.1. The summed E-state index contributed by atoms with van der Waals surface area (Å²) in [6.45, 7) is 7.62. The zero-order valence-electron chi connectivity index (χ0n) is 40.9. The van der Waals surface area contributed by atoms with Crippen molar-refractivity contribution < 1.29 is 23.8 Å². The fourth-order valence-electron chi connectivity index (χ4n) is 7.00. The fraction of sp³-hybridized carbons (Fsp3) is 0.719. The van der Waals surface area contributed by atoms with Gasteiger partial charge in [0.25, 0.3) is 0 Å². The largest absolute Gasteiger partial charge is 0.462 e. The van der Waals surface area contributed by atoms with Crippen molar-refractivity contribution in [1.82, 2.24) is 0 Å². The van der Waals surface area contributed by atoms with E-state index in [1.54, 1.807) is 0 Å². The Hall–Kier alpha value is -2.92. The standard InChI is InChI=1S/C57H98O5/c1-4-7-10-13-16-19-22-25-27-29-30-33-35-38-41-44-47-50-56(58)61-54-55(62-57(59)51-48-45-42-39-36-32-24-21-18-15-12-9-6-3)53-60-52-49-46-43-40-37-34-31-28-26-23-20-17-14-11-8-5-2/h7,10,16-17,19-21,24-28,30,33,55H,4-6,8-9,11-15,18,22-23,29,31-32,34-54H2,1-3H3/b10-7-,19-16-,20-17-,24-21-,27-25-,28-26-,33-30-. The monoisotopic (exact) mass is 863 g/mol. The zero-order chi connectivity index (χ0) is 44.9. The average Bonchev–Trinajstić information content (AvgIpc) is 3.27. The number of hydrogen-bond acceptors (Lipinski definition) is 5. The highest BCUT2D eigenvalue weighted by atomic mass is 16.6. The van der Waals surface area contributed by atoms with Crippen LogP contribution in [0.25, 0.3) is 0 Å². The Morgan fingerprint density at radius 3 is 1.21 bits per heavy atom. The van der Waals surface area contributed by atoms with E-state index in [2.05, 4.69) is 106 Å². The van der Waals surface area contributed by atoms with Crippen LogP contribution in [-0.4, -0.2) is 37.9 Å². The molecule has 62 heavy (non-hydrogen) atoms. The van der Waals surface area contributed by atoms with E-state index in [4.69, 9.17) is 14.2 Å². The Labute approximate surface area is 384 Å². The van der Waals surface area contributed by atoms with Gasteiger partial charge in [0.1, 0.15) is 6.61 Å².